The minimum absolute atomic E-state index is 0.0161. The molecule has 0 saturated heterocycles. The number of aromatic nitrogens is 1. The first kappa shape index (κ1) is 24.6. The molecule has 32 heavy (non-hydrogen) atoms. The molecule has 0 radical (unpaired) electrons. The monoisotopic (exact) mass is 513 g/mol. The summed E-state index contributed by atoms with van der Waals surface area (Å²) in [5.74, 6) is 0.0161. The predicted octanol–water partition coefficient (Wildman–Crippen LogP) is 6.98. The summed E-state index contributed by atoms with van der Waals surface area (Å²) in [6.07, 6.45) is 2.39. The van der Waals surface area contributed by atoms with E-state index in [0.29, 0.717) is 18.8 Å². The van der Waals surface area contributed by atoms with Crippen molar-refractivity contribution in [2.45, 2.75) is 71.8 Å². The molecule has 0 saturated carbocycles. The first-order valence-electron chi connectivity index (χ1n) is 11.0. The second-order valence-electron chi connectivity index (χ2n) is 10.1. The Hall–Kier alpha value is -2.01. The number of pyridine rings is 1. The number of carbonyl (C=O) groups excluding carboxylic acids is 1. The van der Waals surface area contributed by atoms with Crippen molar-refractivity contribution in [2.75, 3.05) is 6.54 Å². The minimum atomic E-state index is -1.89. The summed E-state index contributed by atoms with van der Waals surface area (Å²) in [6, 6.07) is 5.84. The van der Waals surface area contributed by atoms with Crippen molar-refractivity contribution in [1.29, 1.82) is 0 Å². The number of hydrogen-bond acceptors (Lipinski definition) is 3. The fourth-order valence-corrected chi connectivity index (χ4v) is 5.30. The first-order valence-corrected chi connectivity index (χ1v) is 14.7. The normalized spacial score (nSPS) is 15.3. The van der Waals surface area contributed by atoms with Crippen LogP contribution in [-0.2, 0) is 17.5 Å². The molecule has 1 aliphatic heterocycles. The second kappa shape index (κ2) is 9.09. The third kappa shape index (κ3) is 4.83. The number of aryl methyl sites for hydroxylation is 1. The number of hydrogen-bond donors (Lipinski definition) is 0. The highest BCUT2D eigenvalue weighted by Gasteiger charge is 2.37. The number of benzene rings is 1. The minimum Gasteiger partial charge on any atom is -0.413 e. The number of fused-ring (bicyclic) bond motifs is 1. The molecule has 2 heterocycles. The fourth-order valence-electron chi connectivity index (χ4n) is 3.63. The van der Waals surface area contributed by atoms with Gasteiger partial charge in [-0.15, -0.1) is 0 Å². The van der Waals surface area contributed by atoms with Gasteiger partial charge in [-0.05, 0) is 73.3 Å². The molecule has 7 heteroatoms. The lowest BCUT2D eigenvalue weighted by atomic mass is 9.95. The van der Waals surface area contributed by atoms with E-state index in [1.54, 1.807) is 6.20 Å². The Morgan fingerprint density at radius 2 is 2.00 bits per heavy atom. The highest BCUT2D eigenvalue weighted by molar-refractivity contribution is 9.10. The second-order valence-corrected chi connectivity index (χ2v) is 15.7. The van der Waals surface area contributed by atoms with E-state index in [0.717, 1.165) is 38.8 Å². The summed E-state index contributed by atoms with van der Waals surface area (Å²) in [4.78, 5) is 23.3. The standard InChI is InChI=1S/C25H32BrN3O2Si/c1-16-11-22(28-14-23(16)27-6)17(2)29-10-9-19-20(24(29)30)12-18(13-21(19)26)15-31-32(7,8)25(3,4)5/h11-14,17H,9-10,15H2,1-5,7-8H3. The largest absolute Gasteiger partial charge is 0.413 e. The van der Waals surface area contributed by atoms with Crippen LogP contribution in [0.1, 0.15) is 66.5 Å². The summed E-state index contributed by atoms with van der Waals surface area (Å²) >= 11 is 3.69. The van der Waals surface area contributed by atoms with E-state index in [1.807, 2.05) is 30.9 Å². The van der Waals surface area contributed by atoms with Crippen LogP contribution >= 0.6 is 15.9 Å². The van der Waals surface area contributed by atoms with Crippen LogP contribution in [0.4, 0.5) is 5.69 Å². The van der Waals surface area contributed by atoms with Crippen LogP contribution in [0.15, 0.2) is 28.9 Å². The van der Waals surface area contributed by atoms with Crippen LogP contribution in [0.2, 0.25) is 18.1 Å². The maximum Gasteiger partial charge on any atom is 0.254 e. The molecule has 1 atom stereocenters. The third-order valence-electron chi connectivity index (χ3n) is 6.88. The molecular weight excluding hydrogens is 482 g/mol. The quantitative estimate of drug-likeness (QED) is 0.319. The number of halogens is 1. The predicted molar refractivity (Wildman–Crippen MR) is 135 cm³/mol. The number of rotatable bonds is 5. The number of carbonyl (C=O) groups is 1. The highest BCUT2D eigenvalue weighted by Crippen LogP contribution is 2.38. The molecule has 1 aliphatic rings. The highest BCUT2D eigenvalue weighted by atomic mass is 79.9. The molecule has 0 N–H and O–H groups in total. The van der Waals surface area contributed by atoms with Crippen LogP contribution in [0.3, 0.4) is 0 Å². The molecule has 0 fully saturated rings. The van der Waals surface area contributed by atoms with Gasteiger partial charge in [0.15, 0.2) is 8.32 Å². The van der Waals surface area contributed by atoms with E-state index in [1.165, 1.54) is 0 Å². The Morgan fingerprint density at radius 3 is 2.59 bits per heavy atom. The van der Waals surface area contributed by atoms with Gasteiger partial charge in [0, 0.05) is 22.8 Å². The van der Waals surface area contributed by atoms with E-state index < -0.39 is 8.32 Å². The van der Waals surface area contributed by atoms with Gasteiger partial charge in [0.05, 0.1) is 24.9 Å². The fraction of sp³-hybridized carbons (Fsp3) is 0.480. The summed E-state index contributed by atoms with van der Waals surface area (Å²) in [5, 5.41) is 0.133. The van der Waals surface area contributed by atoms with Gasteiger partial charge in [-0.3, -0.25) is 9.78 Å². The molecule has 1 aromatic carbocycles. The molecule has 1 amide bonds. The van der Waals surface area contributed by atoms with Gasteiger partial charge in [0.2, 0.25) is 5.69 Å². The Kier molecular flexibility index (Phi) is 6.99. The summed E-state index contributed by atoms with van der Waals surface area (Å²) < 4.78 is 7.37. The zero-order valence-corrected chi connectivity index (χ0v) is 22.6. The molecule has 3 rings (SSSR count). The van der Waals surface area contributed by atoms with Crippen LogP contribution in [0.5, 0.6) is 0 Å². The van der Waals surface area contributed by atoms with E-state index in [2.05, 4.69) is 65.7 Å². The topological polar surface area (TPSA) is 46.8 Å². The Labute approximate surface area is 201 Å². The van der Waals surface area contributed by atoms with Crippen LogP contribution in [0, 0.1) is 13.5 Å². The third-order valence-corrected chi connectivity index (χ3v) is 12.1. The molecule has 0 spiro atoms. The average molecular weight is 515 g/mol. The number of nitrogens with zero attached hydrogens (tertiary/aromatic N) is 3. The molecule has 170 valence electrons. The summed E-state index contributed by atoms with van der Waals surface area (Å²) in [6.45, 7) is 23.4. The van der Waals surface area contributed by atoms with Crippen molar-refractivity contribution in [1.82, 2.24) is 9.88 Å². The maximum absolute atomic E-state index is 13.5. The van der Waals surface area contributed by atoms with Crippen molar-refractivity contribution in [2.24, 2.45) is 0 Å². The van der Waals surface area contributed by atoms with E-state index >= 15 is 0 Å². The Morgan fingerprint density at radius 1 is 1.31 bits per heavy atom. The van der Waals surface area contributed by atoms with Gasteiger partial charge in [-0.2, -0.15) is 0 Å². The molecule has 1 unspecified atom stereocenters. The van der Waals surface area contributed by atoms with Gasteiger partial charge >= 0.3 is 0 Å². The lowest BCUT2D eigenvalue weighted by Crippen LogP contribution is -2.41. The van der Waals surface area contributed by atoms with Crippen LogP contribution < -0.4 is 0 Å². The van der Waals surface area contributed by atoms with Crippen molar-refractivity contribution < 1.29 is 9.22 Å². The van der Waals surface area contributed by atoms with Crippen LogP contribution in [0.25, 0.3) is 4.85 Å². The average Bonchev–Trinajstić information content (AvgIpc) is 2.71. The summed E-state index contributed by atoms with van der Waals surface area (Å²) in [5.41, 5.74) is 5.05. The Balaban J connectivity index is 1.86. The maximum atomic E-state index is 13.5. The molecule has 1 aromatic heterocycles. The molecule has 2 aromatic rings. The zero-order chi connectivity index (χ0) is 23.8. The first-order chi connectivity index (χ1) is 14.9. The molecular formula is C25H32BrN3O2Si. The SMILES string of the molecule is [C-]#[N+]c1cnc(C(C)N2CCc3c(Br)cc(CO[Si](C)(C)C(C)(C)C)cc3C2=O)cc1C. The van der Waals surface area contributed by atoms with Crippen LogP contribution in [-0.4, -0.2) is 30.7 Å². The van der Waals surface area contributed by atoms with Gasteiger partial charge in [-0.1, -0.05) is 36.7 Å². The lowest BCUT2D eigenvalue weighted by molar-refractivity contribution is 0.0668. The van der Waals surface area contributed by atoms with E-state index in [4.69, 9.17) is 11.0 Å². The Bertz CT molecular complexity index is 1090. The van der Waals surface area contributed by atoms with Crippen molar-refractivity contribution in [3.63, 3.8) is 0 Å². The number of amides is 1. The van der Waals surface area contributed by atoms with E-state index in [-0.39, 0.29) is 17.0 Å². The molecule has 0 bridgehead atoms. The van der Waals surface area contributed by atoms with Gasteiger partial charge in [-0.25, -0.2) is 4.85 Å². The van der Waals surface area contributed by atoms with Crippen molar-refractivity contribution in [3.05, 3.63) is 68.2 Å². The molecule has 5 nitrogen and oxygen atoms in total. The summed E-state index contributed by atoms with van der Waals surface area (Å²) in [7, 11) is -1.89. The van der Waals surface area contributed by atoms with Crippen molar-refractivity contribution in [3.8, 4) is 0 Å². The molecule has 0 aliphatic carbocycles. The zero-order valence-electron chi connectivity index (χ0n) is 20.0. The van der Waals surface area contributed by atoms with Crippen molar-refractivity contribution >= 4 is 35.8 Å². The smallest absolute Gasteiger partial charge is 0.254 e. The van der Waals surface area contributed by atoms with Gasteiger partial charge in [0.1, 0.15) is 0 Å². The lowest BCUT2D eigenvalue weighted by Gasteiger charge is -2.36. The van der Waals surface area contributed by atoms with E-state index in [9.17, 15) is 4.79 Å². The van der Waals surface area contributed by atoms with Gasteiger partial charge < -0.3 is 9.33 Å². The van der Waals surface area contributed by atoms with Gasteiger partial charge in [0.25, 0.3) is 5.91 Å².